The number of nitrogens with two attached hydrogens (primary N) is 1. The van der Waals surface area contributed by atoms with Gasteiger partial charge in [0, 0.05) is 19.0 Å². The van der Waals surface area contributed by atoms with Crippen LogP contribution in [0.2, 0.25) is 0 Å². The SMILES string of the molecule is CCS(=O)(=O)CCCOCC1CCCCC1CN. The van der Waals surface area contributed by atoms with E-state index < -0.39 is 9.84 Å². The molecule has 5 heteroatoms. The van der Waals surface area contributed by atoms with Crippen molar-refractivity contribution in [3.05, 3.63) is 0 Å². The lowest BCUT2D eigenvalue weighted by Gasteiger charge is -2.30. The second-order valence-corrected chi connectivity index (χ2v) is 7.68. The van der Waals surface area contributed by atoms with E-state index in [4.69, 9.17) is 10.5 Å². The van der Waals surface area contributed by atoms with Gasteiger partial charge in [-0.2, -0.15) is 0 Å². The molecule has 0 aromatic heterocycles. The minimum Gasteiger partial charge on any atom is -0.381 e. The Balaban J connectivity index is 2.13. The summed E-state index contributed by atoms with van der Waals surface area (Å²) in [7, 11) is -2.84. The molecule has 0 aromatic rings. The molecule has 1 aliphatic carbocycles. The van der Waals surface area contributed by atoms with E-state index >= 15 is 0 Å². The van der Waals surface area contributed by atoms with Crippen molar-refractivity contribution >= 4 is 9.84 Å². The maximum atomic E-state index is 11.3. The lowest BCUT2D eigenvalue weighted by molar-refractivity contribution is 0.0617. The molecule has 0 heterocycles. The van der Waals surface area contributed by atoms with E-state index in [-0.39, 0.29) is 11.5 Å². The van der Waals surface area contributed by atoms with Gasteiger partial charge in [-0.15, -0.1) is 0 Å². The fourth-order valence-corrected chi connectivity index (χ4v) is 3.42. The van der Waals surface area contributed by atoms with Crippen molar-refractivity contribution in [2.75, 3.05) is 31.3 Å². The van der Waals surface area contributed by atoms with Gasteiger partial charge in [0.2, 0.25) is 0 Å². The van der Waals surface area contributed by atoms with Gasteiger partial charge >= 0.3 is 0 Å². The highest BCUT2D eigenvalue weighted by molar-refractivity contribution is 7.91. The van der Waals surface area contributed by atoms with Crippen LogP contribution in [0.15, 0.2) is 0 Å². The van der Waals surface area contributed by atoms with E-state index in [2.05, 4.69) is 0 Å². The van der Waals surface area contributed by atoms with Crippen molar-refractivity contribution in [1.29, 1.82) is 0 Å². The summed E-state index contributed by atoms with van der Waals surface area (Å²) in [6.07, 6.45) is 5.59. The van der Waals surface area contributed by atoms with Crippen LogP contribution in [0.25, 0.3) is 0 Å². The summed E-state index contributed by atoms with van der Waals surface area (Å²) >= 11 is 0. The fraction of sp³-hybridized carbons (Fsp3) is 1.00. The Labute approximate surface area is 111 Å². The Morgan fingerprint density at radius 2 is 1.89 bits per heavy atom. The smallest absolute Gasteiger partial charge is 0.150 e. The molecule has 2 atom stereocenters. The molecule has 2 unspecified atom stereocenters. The minimum atomic E-state index is -2.84. The Morgan fingerprint density at radius 1 is 1.22 bits per heavy atom. The summed E-state index contributed by atoms with van der Waals surface area (Å²) in [4.78, 5) is 0. The van der Waals surface area contributed by atoms with Crippen LogP contribution in [0.3, 0.4) is 0 Å². The predicted molar refractivity (Wildman–Crippen MR) is 74.3 cm³/mol. The van der Waals surface area contributed by atoms with Crippen LogP contribution in [0.1, 0.15) is 39.0 Å². The van der Waals surface area contributed by atoms with E-state index in [1.54, 1.807) is 6.92 Å². The second kappa shape index (κ2) is 8.12. The first-order valence-corrected chi connectivity index (χ1v) is 8.89. The van der Waals surface area contributed by atoms with Crippen LogP contribution in [-0.2, 0) is 14.6 Å². The quantitative estimate of drug-likeness (QED) is 0.684. The molecule has 4 nitrogen and oxygen atoms in total. The zero-order chi connectivity index (χ0) is 13.4. The average molecular weight is 277 g/mol. The van der Waals surface area contributed by atoms with Gasteiger partial charge in [-0.25, -0.2) is 8.42 Å². The standard InChI is InChI=1S/C13H27NO3S/c1-2-18(15,16)9-5-8-17-11-13-7-4-3-6-12(13)10-14/h12-13H,2-11,14H2,1H3. The normalized spacial score (nSPS) is 25.2. The van der Waals surface area contributed by atoms with Gasteiger partial charge in [0.25, 0.3) is 0 Å². The Morgan fingerprint density at radius 3 is 2.50 bits per heavy atom. The minimum absolute atomic E-state index is 0.227. The molecular weight excluding hydrogens is 250 g/mol. The molecule has 2 N–H and O–H groups in total. The van der Waals surface area contributed by atoms with Crippen LogP contribution < -0.4 is 5.73 Å². The summed E-state index contributed by atoms with van der Waals surface area (Å²) in [5.74, 6) is 1.64. The van der Waals surface area contributed by atoms with Gasteiger partial charge in [0.1, 0.15) is 9.84 Å². The van der Waals surface area contributed by atoms with Crippen LogP contribution >= 0.6 is 0 Å². The summed E-state index contributed by atoms with van der Waals surface area (Å²) in [6.45, 7) is 3.73. The molecule has 108 valence electrons. The molecule has 0 amide bonds. The summed E-state index contributed by atoms with van der Waals surface area (Å²) in [5, 5.41) is 0. The highest BCUT2D eigenvalue weighted by Gasteiger charge is 2.23. The zero-order valence-corrected chi connectivity index (χ0v) is 12.3. The topological polar surface area (TPSA) is 69.4 Å². The Bertz CT molecular complexity index is 316. The molecule has 1 fully saturated rings. The molecule has 1 aliphatic rings. The third-order valence-electron chi connectivity index (χ3n) is 3.89. The molecular formula is C13H27NO3S. The van der Waals surface area contributed by atoms with Crippen molar-refractivity contribution in [3.8, 4) is 0 Å². The third kappa shape index (κ3) is 5.67. The van der Waals surface area contributed by atoms with E-state index in [1.165, 1.54) is 25.7 Å². The number of sulfone groups is 1. The van der Waals surface area contributed by atoms with Crippen molar-refractivity contribution in [3.63, 3.8) is 0 Å². The summed E-state index contributed by atoms with van der Waals surface area (Å²) in [6, 6.07) is 0. The molecule has 18 heavy (non-hydrogen) atoms. The van der Waals surface area contributed by atoms with Crippen LogP contribution in [-0.4, -0.2) is 39.7 Å². The van der Waals surface area contributed by atoms with Gasteiger partial charge in [-0.3, -0.25) is 0 Å². The molecule has 0 radical (unpaired) electrons. The Hall–Kier alpha value is -0.130. The summed E-state index contributed by atoms with van der Waals surface area (Å²) < 4.78 is 28.2. The first kappa shape index (κ1) is 15.9. The molecule has 0 saturated heterocycles. The highest BCUT2D eigenvalue weighted by Crippen LogP contribution is 2.29. The van der Waals surface area contributed by atoms with Gasteiger partial charge in [0.05, 0.1) is 5.75 Å². The van der Waals surface area contributed by atoms with Gasteiger partial charge in [0.15, 0.2) is 0 Å². The fourth-order valence-electron chi connectivity index (χ4n) is 2.57. The van der Waals surface area contributed by atoms with E-state index in [9.17, 15) is 8.42 Å². The predicted octanol–water partition coefficient (Wildman–Crippen LogP) is 1.59. The molecule has 0 spiro atoms. The van der Waals surface area contributed by atoms with Crippen molar-refractivity contribution < 1.29 is 13.2 Å². The maximum absolute atomic E-state index is 11.3. The number of rotatable bonds is 8. The molecule has 1 saturated carbocycles. The van der Waals surface area contributed by atoms with Gasteiger partial charge in [-0.1, -0.05) is 19.8 Å². The van der Waals surface area contributed by atoms with Crippen molar-refractivity contribution in [2.45, 2.75) is 39.0 Å². The van der Waals surface area contributed by atoms with E-state index in [0.29, 0.717) is 24.9 Å². The highest BCUT2D eigenvalue weighted by atomic mass is 32.2. The average Bonchev–Trinajstić information content (AvgIpc) is 2.38. The number of hydrogen-bond donors (Lipinski definition) is 1. The first-order chi connectivity index (χ1) is 8.59. The van der Waals surface area contributed by atoms with Crippen LogP contribution in [0.4, 0.5) is 0 Å². The monoisotopic (exact) mass is 277 g/mol. The first-order valence-electron chi connectivity index (χ1n) is 7.07. The van der Waals surface area contributed by atoms with E-state index in [0.717, 1.165) is 13.2 Å². The van der Waals surface area contributed by atoms with Gasteiger partial charge in [-0.05, 0) is 37.6 Å². The van der Waals surface area contributed by atoms with E-state index in [1.807, 2.05) is 0 Å². The molecule has 0 aliphatic heterocycles. The molecule has 0 bridgehead atoms. The van der Waals surface area contributed by atoms with Gasteiger partial charge < -0.3 is 10.5 Å². The maximum Gasteiger partial charge on any atom is 0.150 e. The zero-order valence-electron chi connectivity index (χ0n) is 11.4. The largest absolute Gasteiger partial charge is 0.381 e. The molecule has 1 rings (SSSR count). The van der Waals surface area contributed by atoms with Crippen molar-refractivity contribution in [2.24, 2.45) is 17.6 Å². The third-order valence-corrected chi connectivity index (χ3v) is 5.68. The van der Waals surface area contributed by atoms with Crippen molar-refractivity contribution in [1.82, 2.24) is 0 Å². The lowest BCUT2D eigenvalue weighted by Crippen LogP contribution is -2.30. The second-order valence-electron chi connectivity index (χ2n) is 5.21. The van der Waals surface area contributed by atoms with Crippen LogP contribution in [0.5, 0.6) is 0 Å². The lowest BCUT2D eigenvalue weighted by atomic mass is 9.80. The molecule has 0 aromatic carbocycles. The number of hydrogen-bond acceptors (Lipinski definition) is 4. The number of ether oxygens (including phenoxy) is 1. The van der Waals surface area contributed by atoms with Crippen LogP contribution in [0, 0.1) is 11.8 Å². The summed E-state index contributed by atoms with van der Waals surface area (Å²) in [5.41, 5.74) is 5.76. The Kier molecular flexibility index (Phi) is 7.19.